The lowest BCUT2D eigenvalue weighted by atomic mass is 10.3. The molecule has 2 rings (SSSR count). The first kappa shape index (κ1) is 14.4. The molecule has 1 heterocycles. The maximum atomic E-state index is 11.7. The van der Waals surface area contributed by atoms with E-state index in [4.69, 9.17) is 16.3 Å². The summed E-state index contributed by atoms with van der Waals surface area (Å²) in [5, 5.41) is 7.44. The van der Waals surface area contributed by atoms with Gasteiger partial charge in [-0.05, 0) is 37.3 Å². The van der Waals surface area contributed by atoms with Crippen LogP contribution < -0.4 is 10.1 Å². The second kappa shape index (κ2) is 6.96. The molecule has 0 radical (unpaired) electrons. The summed E-state index contributed by atoms with van der Waals surface area (Å²) >= 11 is 5.80. The number of nitrogens with zero attached hydrogens (tertiary/aromatic N) is 2. The topological polar surface area (TPSA) is 56.2 Å². The van der Waals surface area contributed by atoms with E-state index in [1.807, 2.05) is 6.92 Å². The van der Waals surface area contributed by atoms with E-state index < -0.39 is 0 Å². The van der Waals surface area contributed by atoms with E-state index in [0.717, 1.165) is 5.75 Å². The molecule has 1 N–H and O–H groups in total. The lowest BCUT2D eigenvalue weighted by Crippen LogP contribution is -2.35. The Morgan fingerprint density at radius 1 is 1.45 bits per heavy atom. The Kier molecular flexibility index (Phi) is 5.01. The van der Waals surface area contributed by atoms with Gasteiger partial charge in [0.2, 0.25) is 5.91 Å². The van der Waals surface area contributed by atoms with Gasteiger partial charge < -0.3 is 10.1 Å². The largest absolute Gasteiger partial charge is 0.489 e. The zero-order valence-corrected chi connectivity index (χ0v) is 11.9. The molecule has 0 saturated carbocycles. The summed E-state index contributed by atoms with van der Waals surface area (Å²) < 4.78 is 7.23. The van der Waals surface area contributed by atoms with Gasteiger partial charge in [0.25, 0.3) is 0 Å². The van der Waals surface area contributed by atoms with Gasteiger partial charge in [-0.2, -0.15) is 5.10 Å². The number of nitrogens with one attached hydrogen (secondary N) is 1. The van der Waals surface area contributed by atoms with Crippen molar-refractivity contribution < 1.29 is 9.53 Å². The Labute approximate surface area is 122 Å². The van der Waals surface area contributed by atoms with Gasteiger partial charge in [0.05, 0.1) is 6.54 Å². The number of amides is 1. The van der Waals surface area contributed by atoms with E-state index >= 15 is 0 Å². The van der Waals surface area contributed by atoms with Crippen LogP contribution in [-0.4, -0.2) is 28.3 Å². The van der Waals surface area contributed by atoms with Gasteiger partial charge >= 0.3 is 0 Å². The highest BCUT2D eigenvalue weighted by Crippen LogP contribution is 2.16. The van der Waals surface area contributed by atoms with Crippen molar-refractivity contribution in [3.8, 4) is 5.75 Å². The minimum absolute atomic E-state index is 0.0970. The Hall–Kier alpha value is -2.01. The fourth-order valence-corrected chi connectivity index (χ4v) is 1.77. The minimum Gasteiger partial charge on any atom is -0.489 e. The summed E-state index contributed by atoms with van der Waals surface area (Å²) in [4.78, 5) is 11.7. The molecule has 2 aromatic rings. The van der Waals surface area contributed by atoms with Crippen molar-refractivity contribution >= 4 is 17.5 Å². The number of halogens is 1. The lowest BCUT2D eigenvalue weighted by molar-refractivity contribution is -0.122. The van der Waals surface area contributed by atoms with E-state index in [2.05, 4.69) is 10.4 Å². The Balaban J connectivity index is 1.73. The second-order valence-corrected chi connectivity index (χ2v) is 4.83. The quantitative estimate of drug-likeness (QED) is 0.887. The highest BCUT2D eigenvalue weighted by Gasteiger charge is 2.07. The van der Waals surface area contributed by atoms with Crippen LogP contribution in [0.2, 0.25) is 5.02 Å². The molecule has 0 aliphatic rings. The van der Waals surface area contributed by atoms with Crippen LogP contribution in [-0.2, 0) is 11.3 Å². The minimum atomic E-state index is -0.127. The summed E-state index contributed by atoms with van der Waals surface area (Å²) in [5.41, 5.74) is 0. The molecule has 1 aromatic carbocycles. The number of hydrogen-bond donors (Lipinski definition) is 1. The molecule has 20 heavy (non-hydrogen) atoms. The van der Waals surface area contributed by atoms with Crippen molar-refractivity contribution in [2.24, 2.45) is 0 Å². The summed E-state index contributed by atoms with van der Waals surface area (Å²) in [6.45, 7) is 2.53. The van der Waals surface area contributed by atoms with Gasteiger partial charge in [-0.15, -0.1) is 0 Å². The molecule has 0 fully saturated rings. The molecular formula is C14H16ClN3O2. The fourth-order valence-electron chi connectivity index (χ4n) is 1.64. The Morgan fingerprint density at radius 3 is 2.85 bits per heavy atom. The zero-order valence-electron chi connectivity index (χ0n) is 11.1. The van der Waals surface area contributed by atoms with E-state index in [0.29, 0.717) is 11.6 Å². The molecule has 1 atom stereocenters. The lowest BCUT2D eigenvalue weighted by Gasteiger charge is -2.15. The van der Waals surface area contributed by atoms with Crippen molar-refractivity contribution in [2.75, 3.05) is 6.54 Å². The number of ether oxygens (including phenoxy) is 1. The highest BCUT2D eigenvalue weighted by atomic mass is 35.5. The Bertz CT molecular complexity index is 540. The van der Waals surface area contributed by atoms with Crippen molar-refractivity contribution in [1.82, 2.24) is 15.1 Å². The molecule has 106 valence electrons. The fraction of sp³-hybridized carbons (Fsp3) is 0.286. The smallest absolute Gasteiger partial charge is 0.241 e. The Morgan fingerprint density at radius 2 is 2.20 bits per heavy atom. The van der Waals surface area contributed by atoms with Gasteiger partial charge in [-0.3, -0.25) is 9.48 Å². The van der Waals surface area contributed by atoms with Crippen LogP contribution in [0.3, 0.4) is 0 Å². The van der Waals surface area contributed by atoms with Crippen molar-refractivity contribution in [3.05, 3.63) is 47.7 Å². The number of carbonyl (C=O) groups excluding carboxylic acids is 1. The molecule has 6 heteroatoms. The van der Waals surface area contributed by atoms with Gasteiger partial charge in [-0.1, -0.05) is 11.6 Å². The number of aromatic nitrogens is 2. The van der Waals surface area contributed by atoms with Crippen molar-refractivity contribution in [2.45, 2.75) is 19.6 Å². The average molecular weight is 294 g/mol. The van der Waals surface area contributed by atoms with Crippen LogP contribution >= 0.6 is 11.6 Å². The van der Waals surface area contributed by atoms with E-state index in [1.165, 1.54) is 0 Å². The number of hydrogen-bond acceptors (Lipinski definition) is 3. The third kappa shape index (κ3) is 4.59. The molecular weight excluding hydrogens is 278 g/mol. The van der Waals surface area contributed by atoms with E-state index in [-0.39, 0.29) is 18.6 Å². The number of rotatable bonds is 6. The molecule has 0 unspecified atom stereocenters. The first-order valence-corrected chi connectivity index (χ1v) is 6.67. The SMILES string of the molecule is C[C@@H](CNC(=O)Cn1cccn1)Oc1ccc(Cl)cc1. The number of carbonyl (C=O) groups is 1. The van der Waals surface area contributed by atoms with Crippen LogP contribution in [0.1, 0.15) is 6.92 Å². The van der Waals surface area contributed by atoms with E-state index in [9.17, 15) is 4.79 Å². The average Bonchev–Trinajstić information content (AvgIpc) is 2.92. The third-order valence-electron chi connectivity index (χ3n) is 2.60. The maximum Gasteiger partial charge on any atom is 0.241 e. The molecule has 0 aliphatic carbocycles. The van der Waals surface area contributed by atoms with Crippen molar-refractivity contribution in [3.63, 3.8) is 0 Å². The summed E-state index contributed by atoms with van der Waals surface area (Å²) in [6.07, 6.45) is 3.25. The maximum absolute atomic E-state index is 11.7. The van der Waals surface area contributed by atoms with Gasteiger partial charge in [0.1, 0.15) is 18.4 Å². The molecule has 0 saturated heterocycles. The standard InChI is InChI=1S/C14H16ClN3O2/c1-11(20-13-5-3-12(15)4-6-13)9-16-14(19)10-18-8-2-7-17-18/h2-8,11H,9-10H2,1H3,(H,16,19)/t11-/m0/s1. The van der Waals surface area contributed by atoms with E-state index in [1.54, 1.807) is 47.4 Å². The van der Waals surface area contributed by atoms with Crippen LogP contribution in [0.4, 0.5) is 0 Å². The van der Waals surface area contributed by atoms with Crippen LogP contribution in [0.15, 0.2) is 42.7 Å². The monoisotopic (exact) mass is 293 g/mol. The molecule has 0 spiro atoms. The molecule has 5 nitrogen and oxygen atoms in total. The molecule has 0 aliphatic heterocycles. The van der Waals surface area contributed by atoms with Gasteiger partial charge in [-0.25, -0.2) is 0 Å². The van der Waals surface area contributed by atoms with Crippen molar-refractivity contribution in [1.29, 1.82) is 0 Å². The van der Waals surface area contributed by atoms with Crippen LogP contribution in [0.5, 0.6) is 5.75 Å². The first-order valence-electron chi connectivity index (χ1n) is 6.30. The molecule has 1 amide bonds. The molecule has 1 aromatic heterocycles. The van der Waals surface area contributed by atoms with Crippen LogP contribution in [0.25, 0.3) is 0 Å². The number of benzene rings is 1. The zero-order chi connectivity index (χ0) is 14.4. The third-order valence-corrected chi connectivity index (χ3v) is 2.85. The predicted molar refractivity (Wildman–Crippen MR) is 76.8 cm³/mol. The second-order valence-electron chi connectivity index (χ2n) is 4.39. The molecule has 0 bridgehead atoms. The summed E-state index contributed by atoms with van der Waals surface area (Å²) in [7, 11) is 0. The van der Waals surface area contributed by atoms with Gasteiger partial charge in [0.15, 0.2) is 0 Å². The normalized spacial score (nSPS) is 11.9. The highest BCUT2D eigenvalue weighted by molar-refractivity contribution is 6.30. The summed E-state index contributed by atoms with van der Waals surface area (Å²) in [5.74, 6) is 0.628. The van der Waals surface area contributed by atoms with Gasteiger partial charge in [0, 0.05) is 17.4 Å². The first-order chi connectivity index (χ1) is 9.63. The summed E-state index contributed by atoms with van der Waals surface area (Å²) in [6, 6.07) is 8.90. The predicted octanol–water partition coefficient (Wildman–Crippen LogP) is 2.12. The van der Waals surface area contributed by atoms with Crippen LogP contribution in [0, 0.1) is 0 Å².